The second-order valence-electron chi connectivity index (χ2n) is 12.8. The molecule has 242 valence electrons. The Labute approximate surface area is 267 Å². The van der Waals surface area contributed by atoms with Gasteiger partial charge in [0.05, 0.1) is 17.5 Å². The van der Waals surface area contributed by atoms with Crippen molar-refractivity contribution in [3.63, 3.8) is 0 Å². The van der Waals surface area contributed by atoms with E-state index in [0.29, 0.717) is 42.8 Å². The van der Waals surface area contributed by atoms with E-state index in [2.05, 4.69) is 24.2 Å². The van der Waals surface area contributed by atoms with E-state index in [1.165, 1.54) is 23.3 Å². The lowest BCUT2D eigenvalue weighted by molar-refractivity contribution is -0.161. The van der Waals surface area contributed by atoms with Crippen LogP contribution >= 0.6 is 0 Å². The molecule has 2 atom stereocenters. The number of aromatic nitrogens is 3. The number of carbonyl (C=O) groups excluding carboxylic acids is 3. The number of hydrogen-bond acceptors (Lipinski definition) is 9. The smallest absolute Gasteiger partial charge is 0.254 e. The standard InChI is InChI=1S/C34H41N7O5/c1-20-17-27(23-7-5-4-6-8-23)36-18-25(20)26-19-37-41-30(35)28(21(2)42)29(38-31(26)41)24-9-13-40(14-10-24)33(45)34(46)11-15-39(16-12-34)32(44)22(3)43/h4-8,18-20,22,24,43,46H,9-17,35H2,1-3H3. The highest BCUT2D eigenvalue weighted by Crippen LogP contribution is 2.37. The number of fused-ring (bicyclic) bond motifs is 1. The molecule has 2 amide bonds. The third-order valence-corrected chi connectivity index (χ3v) is 9.70. The SMILES string of the molecule is CC(=O)c1c(C2CCN(C(=O)C3(O)CCN(C(=O)C(C)O)CC3)CC2)nc2c(C3=CN=C(c4ccccc4)CC3C)cnn2c1N. The summed E-state index contributed by atoms with van der Waals surface area (Å²) >= 11 is 0. The molecule has 1 aromatic carbocycles. The number of ketones is 1. The molecular weight excluding hydrogens is 586 g/mol. The van der Waals surface area contributed by atoms with E-state index in [1.807, 2.05) is 24.4 Å². The Hall–Kier alpha value is -4.42. The monoisotopic (exact) mass is 627 g/mol. The van der Waals surface area contributed by atoms with Gasteiger partial charge in [-0.25, -0.2) is 4.98 Å². The third-order valence-electron chi connectivity index (χ3n) is 9.70. The highest BCUT2D eigenvalue weighted by Gasteiger charge is 2.44. The van der Waals surface area contributed by atoms with Gasteiger partial charge in [0.1, 0.15) is 17.5 Å². The van der Waals surface area contributed by atoms with Crippen LogP contribution < -0.4 is 5.73 Å². The molecule has 6 rings (SSSR count). The number of carbonyl (C=O) groups is 3. The zero-order chi connectivity index (χ0) is 32.7. The van der Waals surface area contributed by atoms with Crippen LogP contribution in [-0.4, -0.2) is 95.8 Å². The molecule has 3 aromatic rings. The molecule has 2 fully saturated rings. The zero-order valence-corrected chi connectivity index (χ0v) is 26.5. The number of nitrogen functional groups attached to an aromatic ring is 1. The number of aliphatic hydroxyl groups excluding tert-OH is 1. The van der Waals surface area contributed by atoms with Crippen LogP contribution in [0.4, 0.5) is 5.82 Å². The first-order chi connectivity index (χ1) is 22.0. The van der Waals surface area contributed by atoms with Gasteiger partial charge in [-0.2, -0.15) is 9.61 Å². The number of amides is 2. The molecule has 12 heteroatoms. The van der Waals surface area contributed by atoms with Gasteiger partial charge in [0.25, 0.3) is 11.8 Å². The van der Waals surface area contributed by atoms with Crippen LogP contribution in [0.15, 0.2) is 47.7 Å². The summed E-state index contributed by atoms with van der Waals surface area (Å²) in [7, 11) is 0. The number of hydrogen-bond donors (Lipinski definition) is 3. The average Bonchev–Trinajstić information content (AvgIpc) is 3.48. The van der Waals surface area contributed by atoms with E-state index < -0.39 is 17.6 Å². The Bertz CT molecular complexity index is 1730. The van der Waals surface area contributed by atoms with Gasteiger partial charge in [0.2, 0.25) is 0 Å². The van der Waals surface area contributed by atoms with Crippen LogP contribution in [0, 0.1) is 5.92 Å². The molecule has 5 heterocycles. The molecule has 0 radical (unpaired) electrons. The second-order valence-corrected chi connectivity index (χ2v) is 12.8. The largest absolute Gasteiger partial charge is 0.384 e. The molecule has 0 aliphatic carbocycles. The summed E-state index contributed by atoms with van der Waals surface area (Å²) in [5.41, 5.74) is 10.5. The number of piperidine rings is 2. The van der Waals surface area contributed by atoms with Gasteiger partial charge in [-0.15, -0.1) is 0 Å². The maximum Gasteiger partial charge on any atom is 0.254 e. The molecule has 3 aliphatic heterocycles. The zero-order valence-electron chi connectivity index (χ0n) is 26.5. The number of allylic oxidation sites excluding steroid dienone is 1. The normalized spacial score (nSPS) is 21.1. The number of anilines is 1. The third kappa shape index (κ3) is 5.71. The lowest BCUT2D eigenvalue weighted by atomic mass is 9.86. The molecule has 2 saturated heterocycles. The number of Topliss-reactive ketones (excluding diaryl/α,β-unsaturated/α-hetero) is 1. The fourth-order valence-corrected chi connectivity index (χ4v) is 7.00. The highest BCUT2D eigenvalue weighted by atomic mass is 16.3. The van der Waals surface area contributed by atoms with Crippen molar-refractivity contribution in [1.29, 1.82) is 0 Å². The molecule has 3 aliphatic rings. The lowest BCUT2D eigenvalue weighted by Gasteiger charge is -2.42. The van der Waals surface area contributed by atoms with Crippen LogP contribution in [0.1, 0.15) is 86.0 Å². The quantitative estimate of drug-likeness (QED) is 0.351. The van der Waals surface area contributed by atoms with Gasteiger partial charge < -0.3 is 25.7 Å². The summed E-state index contributed by atoms with van der Waals surface area (Å²) in [6.45, 7) is 6.21. The summed E-state index contributed by atoms with van der Waals surface area (Å²) in [5, 5.41) is 25.4. The Morgan fingerprint density at radius 2 is 1.72 bits per heavy atom. The van der Waals surface area contributed by atoms with Crippen molar-refractivity contribution < 1.29 is 24.6 Å². The number of aliphatic imine (C=N–C) groups is 1. The van der Waals surface area contributed by atoms with Crippen LogP contribution in [0.2, 0.25) is 0 Å². The van der Waals surface area contributed by atoms with Crippen molar-refractivity contribution in [1.82, 2.24) is 24.4 Å². The molecule has 0 spiro atoms. The van der Waals surface area contributed by atoms with Gasteiger partial charge in [-0.05, 0) is 50.2 Å². The van der Waals surface area contributed by atoms with Gasteiger partial charge in [-0.3, -0.25) is 19.4 Å². The predicted octanol–water partition coefficient (Wildman–Crippen LogP) is 2.82. The van der Waals surface area contributed by atoms with E-state index in [9.17, 15) is 24.6 Å². The second kappa shape index (κ2) is 12.4. The van der Waals surface area contributed by atoms with Crippen molar-refractivity contribution >= 4 is 40.3 Å². The minimum absolute atomic E-state index is 0.114. The Balaban J connectivity index is 1.23. The van der Waals surface area contributed by atoms with E-state index >= 15 is 0 Å². The number of nitrogens with zero attached hydrogens (tertiary/aromatic N) is 6. The molecular formula is C34H41N7O5. The van der Waals surface area contributed by atoms with Crippen molar-refractivity contribution in [2.24, 2.45) is 10.9 Å². The van der Waals surface area contributed by atoms with Crippen molar-refractivity contribution in [2.45, 2.75) is 70.5 Å². The van der Waals surface area contributed by atoms with E-state index in [-0.39, 0.29) is 55.3 Å². The Kier molecular flexibility index (Phi) is 8.51. The number of likely N-dealkylation sites (tertiary alicyclic amines) is 2. The number of aliphatic hydroxyl groups is 2. The average molecular weight is 628 g/mol. The summed E-state index contributed by atoms with van der Waals surface area (Å²) in [6.07, 6.45) is 4.57. The summed E-state index contributed by atoms with van der Waals surface area (Å²) < 4.78 is 1.53. The fourth-order valence-electron chi connectivity index (χ4n) is 7.00. The van der Waals surface area contributed by atoms with Gasteiger partial charge in [0.15, 0.2) is 11.4 Å². The lowest BCUT2D eigenvalue weighted by Crippen LogP contribution is -2.57. The predicted molar refractivity (Wildman–Crippen MR) is 173 cm³/mol. The maximum absolute atomic E-state index is 13.5. The summed E-state index contributed by atoms with van der Waals surface area (Å²) in [6, 6.07) is 10.1. The topological polar surface area (TPSA) is 167 Å². The molecule has 0 bridgehead atoms. The molecule has 12 nitrogen and oxygen atoms in total. The first-order valence-electron chi connectivity index (χ1n) is 16.0. The first-order valence-corrected chi connectivity index (χ1v) is 16.0. The van der Waals surface area contributed by atoms with Gasteiger partial charge in [0, 0.05) is 62.4 Å². The first kappa shape index (κ1) is 31.6. The van der Waals surface area contributed by atoms with E-state index in [1.54, 1.807) is 11.1 Å². The summed E-state index contributed by atoms with van der Waals surface area (Å²) in [4.78, 5) is 51.5. The molecule has 0 saturated carbocycles. The van der Waals surface area contributed by atoms with Gasteiger partial charge in [-0.1, -0.05) is 37.3 Å². The van der Waals surface area contributed by atoms with E-state index in [4.69, 9.17) is 15.7 Å². The minimum atomic E-state index is -1.56. The van der Waals surface area contributed by atoms with Crippen LogP contribution in [0.25, 0.3) is 11.2 Å². The van der Waals surface area contributed by atoms with Crippen LogP contribution in [0.5, 0.6) is 0 Å². The number of rotatable bonds is 6. The maximum atomic E-state index is 13.5. The minimum Gasteiger partial charge on any atom is -0.384 e. The van der Waals surface area contributed by atoms with Gasteiger partial charge >= 0.3 is 0 Å². The van der Waals surface area contributed by atoms with Crippen LogP contribution in [-0.2, 0) is 9.59 Å². The van der Waals surface area contributed by atoms with Crippen LogP contribution in [0.3, 0.4) is 0 Å². The van der Waals surface area contributed by atoms with Crippen molar-refractivity contribution in [3.05, 3.63) is 65.1 Å². The number of benzene rings is 1. The molecule has 2 aromatic heterocycles. The fraction of sp³-hybridized carbons (Fsp3) is 0.471. The van der Waals surface area contributed by atoms with Crippen molar-refractivity contribution in [2.75, 3.05) is 31.9 Å². The van der Waals surface area contributed by atoms with E-state index in [0.717, 1.165) is 28.8 Å². The molecule has 46 heavy (non-hydrogen) atoms. The van der Waals surface area contributed by atoms with Crippen molar-refractivity contribution in [3.8, 4) is 0 Å². The highest BCUT2D eigenvalue weighted by molar-refractivity contribution is 6.04. The number of nitrogens with two attached hydrogens (primary N) is 1. The Morgan fingerprint density at radius 3 is 2.33 bits per heavy atom. The summed E-state index contributed by atoms with van der Waals surface area (Å²) in [5.74, 6) is -0.692. The molecule has 4 N–H and O–H groups in total. The molecule has 2 unspecified atom stereocenters. The Morgan fingerprint density at radius 1 is 1.04 bits per heavy atom.